The minimum Gasteiger partial charge on any atom is -0.462 e. The molecule has 0 spiro atoms. The first-order chi connectivity index (χ1) is 12.4. The second kappa shape index (κ2) is 13.3. The second-order valence-corrected chi connectivity index (χ2v) is 9.92. The van der Waals surface area contributed by atoms with E-state index in [0.29, 0.717) is 8.42 Å². The molecule has 9 heteroatoms. The summed E-state index contributed by atoms with van der Waals surface area (Å²) in [5.41, 5.74) is 0. The van der Waals surface area contributed by atoms with Crippen LogP contribution in [0.25, 0.3) is 0 Å². The summed E-state index contributed by atoms with van der Waals surface area (Å²) in [4.78, 5) is 24.2. The van der Waals surface area contributed by atoms with Crippen LogP contribution in [0.4, 0.5) is 4.79 Å². The van der Waals surface area contributed by atoms with Crippen molar-refractivity contribution in [3.63, 3.8) is 0 Å². The number of esters is 1. The molecule has 1 aromatic rings. The third-order valence-corrected chi connectivity index (χ3v) is 7.06. The highest BCUT2D eigenvalue weighted by Crippen LogP contribution is 2.19. The fraction of sp³-hybridized carbons (Fsp3) is 0.471. The minimum atomic E-state index is -1.26. The SMILES string of the molecule is CCCSC(=S)SC(=O)OCCOC(=O)C(C)CS(=O)c1ccccc1. The summed E-state index contributed by atoms with van der Waals surface area (Å²) < 4.78 is 22.7. The highest BCUT2D eigenvalue weighted by molar-refractivity contribution is 8.51. The van der Waals surface area contributed by atoms with Crippen molar-refractivity contribution >= 4 is 61.3 Å². The van der Waals surface area contributed by atoms with Gasteiger partial charge in [-0.05, 0) is 24.3 Å². The van der Waals surface area contributed by atoms with Crippen LogP contribution in [0.2, 0.25) is 0 Å². The van der Waals surface area contributed by atoms with Crippen molar-refractivity contribution in [1.82, 2.24) is 0 Å². The number of hydrogen-bond donors (Lipinski definition) is 0. The van der Waals surface area contributed by atoms with Crippen LogP contribution in [-0.2, 0) is 25.1 Å². The molecule has 0 aliphatic rings. The molecular formula is C17H22O5S4. The summed E-state index contributed by atoms with van der Waals surface area (Å²) >= 11 is 7.34. The Morgan fingerprint density at radius 1 is 1.19 bits per heavy atom. The zero-order valence-corrected chi connectivity index (χ0v) is 17.9. The Balaban J connectivity index is 2.22. The van der Waals surface area contributed by atoms with Crippen molar-refractivity contribution in [2.45, 2.75) is 25.2 Å². The number of thiocarbonyl (C=S) groups is 1. The molecule has 0 N–H and O–H groups in total. The van der Waals surface area contributed by atoms with Crippen molar-refractivity contribution in [1.29, 1.82) is 0 Å². The first-order valence-corrected chi connectivity index (χ1v) is 11.6. The van der Waals surface area contributed by atoms with E-state index in [9.17, 15) is 13.8 Å². The summed E-state index contributed by atoms with van der Waals surface area (Å²) in [7, 11) is -1.26. The lowest BCUT2D eigenvalue weighted by Crippen LogP contribution is -2.22. The Morgan fingerprint density at radius 2 is 1.85 bits per heavy atom. The smallest absolute Gasteiger partial charge is 0.373 e. The predicted molar refractivity (Wildman–Crippen MR) is 112 cm³/mol. The van der Waals surface area contributed by atoms with Gasteiger partial charge < -0.3 is 9.47 Å². The van der Waals surface area contributed by atoms with Crippen LogP contribution < -0.4 is 0 Å². The van der Waals surface area contributed by atoms with Crippen LogP contribution >= 0.6 is 35.7 Å². The summed E-state index contributed by atoms with van der Waals surface area (Å²) in [5.74, 6) is 0.0616. The molecule has 0 saturated carbocycles. The number of hydrogen-bond acceptors (Lipinski definition) is 8. The lowest BCUT2D eigenvalue weighted by Gasteiger charge is -2.11. The van der Waals surface area contributed by atoms with Gasteiger partial charge in [0.05, 0.1) is 16.7 Å². The lowest BCUT2D eigenvalue weighted by molar-refractivity contribution is -0.148. The second-order valence-electron chi connectivity index (χ2n) is 5.19. The molecule has 26 heavy (non-hydrogen) atoms. The number of carbonyl (C=O) groups is 2. The summed E-state index contributed by atoms with van der Waals surface area (Å²) in [6, 6.07) is 8.96. The number of carbonyl (C=O) groups excluding carboxylic acids is 2. The van der Waals surface area contributed by atoms with E-state index in [1.54, 1.807) is 31.2 Å². The van der Waals surface area contributed by atoms with E-state index in [2.05, 4.69) is 0 Å². The van der Waals surface area contributed by atoms with Gasteiger partial charge in [0, 0.05) is 22.4 Å². The highest BCUT2D eigenvalue weighted by Gasteiger charge is 2.19. The largest absolute Gasteiger partial charge is 0.462 e. The van der Waals surface area contributed by atoms with E-state index in [0.717, 1.165) is 23.9 Å². The van der Waals surface area contributed by atoms with Gasteiger partial charge in [-0.1, -0.05) is 44.3 Å². The normalized spacial score (nSPS) is 12.8. The van der Waals surface area contributed by atoms with Gasteiger partial charge >= 0.3 is 11.3 Å². The van der Waals surface area contributed by atoms with Crippen molar-refractivity contribution in [2.75, 3.05) is 24.7 Å². The van der Waals surface area contributed by atoms with Crippen LogP contribution in [0.3, 0.4) is 0 Å². The Labute approximate surface area is 170 Å². The molecule has 0 saturated heterocycles. The molecule has 0 bridgehead atoms. The fourth-order valence-electron chi connectivity index (χ4n) is 1.69. The standard InChI is InChI=1S/C17H22O5S4/c1-3-11-24-17(23)25-16(19)22-10-9-21-15(18)13(2)12-26(20)14-7-5-4-6-8-14/h4-8,13H,3,9-12H2,1-2H3. The maximum atomic E-state index is 12.2. The van der Waals surface area contributed by atoms with Crippen LogP contribution in [-0.4, -0.2) is 43.7 Å². The van der Waals surface area contributed by atoms with Crippen LogP contribution in [0.1, 0.15) is 20.3 Å². The number of thioether (sulfide) groups is 2. The van der Waals surface area contributed by atoms with Crippen LogP contribution in [0.5, 0.6) is 0 Å². The zero-order valence-electron chi connectivity index (χ0n) is 14.7. The van der Waals surface area contributed by atoms with Gasteiger partial charge in [-0.3, -0.25) is 9.00 Å². The molecule has 2 atom stereocenters. The highest BCUT2D eigenvalue weighted by atomic mass is 32.2. The molecule has 0 amide bonds. The van der Waals surface area contributed by atoms with Gasteiger partial charge in [0.25, 0.3) is 0 Å². The van der Waals surface area contributed by atoms with E-state index in [1.165, 1.54) is 11.8 Å². The van der Waals surface area contributed by atoms with Crippen molar-refractivity contribution < 1.29 is 23.3 Å². The molecule has 5 nitrogen and oxygen atoms in total. The lowest BCUT2D eigenvalue weighted by atomic mass is 10.2. The van der Waals surface area contributed by atoms with Gasteiger partial charge in [0.2, 0.25) is 0 Å². The van der Waals surface area contributed by atoms with E-state index in [4.69, 9.17) is 21.7 Å². The molecule has 144 valence electrons. The molecule has 0 heterocycles. The van der Waals surface area contributed by atoms with Crippen molar-refractivity contribution in [3.8, 4) is 0 Å². The third-order valence-electron chi connectivity index (χ3n) is 2.95. The molecule has 0 radical (unpaired) electrons. The van der Waals surface area contributed by atoms with Crippen LogP contribution in [0, 0.1) is 5.92 Å². The summed E-state index contributed by atoms with van der Waals surface area (Å²) in [6.07, 6.45) is 0.976. The Morgan fingerprint density at radius 3 is 2.50 bits per heavy atom. The van der Waals surface area contributed by atoms with Gasteiger partial charge in [-0.25, -0.2) is 4.79 Å². The first kappa shape index (κ1) is 23.1. The predicted octanol–water partition coefficient (Wildman–Crippen LogP) is 4.27. The molecule has 0 fully saturated rings. The fourth-order valence-corrected chi connectivity index (χ4v) is 4.72. The van der Waals surface area contributed by atoms with E-state index >= 15 is 0 Å². The van der Waals surface area contributed by atoms with Crippen LogP contribution in [0.15, 0.2) is 35.2 Å². The molecule has 2 unspecified atom stereocenters. The maximum Gasteiger partial charge on any atom is 0.373 e. The van der Waals surface area contributed by atoms with E-state index in [1.807, 2.05) is 13.0 Å². The van der Waals surface area contributed by atoms with Gasteiger partial charge in [-0.15, -0.1) is 11.8 Å². The van der Waals surface area contributed by atoms with Gasteiger partial charge in [0.15, 0.2) is 0 Å². The molecule has 1 rings (SSSR count). The average Bonchev–Trinajstić information content (AvgIpc) is 2.63. The van der Waals surface area contributed by atoms with Gasteiger partial charge in [0.1, 0.15) is 16.7 Å². The van der Waals surface area contributed by atoms with Crippen molar-refractivity contribution in [3.05, 3.63) is 30.3 Å². The summed E-state index contributed by atoms with van der Waals surface area (Å²) in [5, 5.41) is -0.507. The molecule has 0 aromatic heterocycles. The Hall–Kier alpha value is -0.900. The Kier molecular flexibility index (Phi) is 11.8. The quantitative estimate of drug-likeness (QED) is 0.324. The van der Waals surface area contributed by atoms with E-state index < -0.39 is 28.0 Å². The minimum absolute atomic E-state index is 0.0346. The number of ether oxygens (including phenoxy) is 2. The topological polar surface area (TPSA) is 69.7 Å². The monoisotopic (exact) mass is 434 g/mol. The first-order valence-electron chi connectivity index (χ1n) is 8.05. The van der Waals surface area contributed by atoms with Gasteiger partial charge in [-0.2, -0.15) is 0 Å². The van der Waals surface area contributed by atoms with Crippen molar-refractivity contribution in [2.24, 2.45) is 5.92 Å². The molecular weight excluding hydrogens is 412 g/mol. The average molecular weight is 435 g/mol. The zero-order chi connectivity index (χ0) is 19.4. The maximum absolute atomic E-state index is 12.2. The third kappa shape index (κ3) is 9.70. The number of rotatable bonds is 9. The molecule has 1 aromatic carbocycles. The Bertz CT molecular complexity index is 621. The molecule has 0 aliphatic heterocycles. The molecule has 0 aliphatic carbocycles. The summed E-state index contributed by atoms with van der Waals surface area (Å²) in [6.45, 7) is 3.62. The number of benzene rings is 1. The van der Waals surface area contributed by atoms with E-state index in [-0.39, 0.29) is 19.0 Å².